The third-order valence-electron chi connectivity index (χ3n) is 2.54. The Morgan fingerprint density at radius 2 is 2.12 bits per heavy atom. The number of carbonyl (C=O) groups is 2. The molecule has 1 amide bonds. The molecule has 0 N–H and O–H groups in total. The molecular formula is C12H9ClFNO2. The Hall–Kier alpha value is -1.68. The number of allylic oxidation sites excluding steroid dienone is 1. The van der Waals surface area contributed by atoms with E-state index in [0.29, 0.717) is 0 Å². The molecule has 1 heterocycles. The summed E-state index contributed by atoms with van der Waals surface area (Å²) in [5, 5.41) is 0.0997. The summed E-state index contributed by atoms with van der Waals surface area (Å²) in [6.07, 6.45) is 3.39. The van der Waals surface area contributed by atoms with Gasteiger partial charge in [-0.25, -0.2) is 4.39 Å². The van der Waals surface area contributed by atoms with Crippen LogP contribution < -0.4 is 4.90 Å². The predicted molar refractivity (Wildman–Crippen MR) is 62.9 cm³/mol. The Labute approximate surface area is 102 Å². The maximum atomic E-state index is 13.7. The van der Waals surface area contributed by atoms with Gasteiger partial charge in [0, 0.05) is 6.54 Å². The molecule has 1 aromatic rings. The molecule has 2 rings (SSSR count). The number of ketones is 1. The number of amides is 1. The van der Waals surface area contributed by atoms with Gasteiger partial charge in [-0.2, -0.15) is 0 Å². The standard InChI is InChI=1S/C12H9ClFNO2/c1-2-3-6-15-10-8(14)5-4-7(13)9(10)11(16)12(15)17/h2-5H,6H2,1H3/b3-2+. The van der Waals surface area contributed by atoms with E-state index in [2.05, 4.69) is 0 Å². The van der Waals surface area contributed by atoms with Gasteiger partial charge in [0.1, 0.15) is 5.82 Å². The SMILES string of the molecule is C/C=C/CN1C(=O)C(=O)c2c(Cl)ccc(F)c21. The van der Waals surface area contributed by atoms with Crippen molar-refractivity contribution in [3.8, 4) is 0 Å². The van der Waals surface area contributed by atoms with E-state index in [1.54, 1.807) is 19.1 Å². The number of anilines is 1. The minimum atomic E-state index is -0.756. The lowest BCUT2D eigenvalue weighted by atomic mass is 10.1. The molecular weight excluding hydrogens is 245 g/mol. The first-order chi connectivity index (χ1) is 8.07. The Kier molecular flexibility index (Phi) is 2.98. The van der Waals surface area contributed by atoms with Gasteiger partial charge in [-0.3, -0.25) is 14.5 Å². The molecule has 3 nitrogen and oxygen atoms in total. The molecule has 88 valence electrons. The number of fused-ring (bicyclic) bond motifs is 1. The summed E-state index contributed by atoms with van der Waals surface area (Å²) >= 11 is 5.82. The highest BCUT2D eigenvalue weighted by Crippen LogP contribution is 2.36. The topological polar surface area (TPSA) is 37.4 Å². The molecule has 0 atom stereocenters. The molecule has 0 fully saturated rings. The maximum absolute atomic E-state index is 13.7. The predicted octanol–water partition coefficient (Wildman–Crippen LogP) is 2.58. The first-order valence-electron chi connectivity index (χ1n) is 5.03. The summed E-state index contributed by atoms with van der Waals surface area (Å²) in [6, 6.07) is 2.43. The van der Waals surface area contributed by atoms with E-state index >= 15 is 0 Å². The zero-order valence-electron chi connectivity index (χ0n) is 9.04. The molecule has 1 aliphatic rings. The summed E-state index contributed by atoms with van der Waals surface area (Å²) in [6.45, 7) is 1.93. The number of hydrogen-bond donors (Lipinski definition) is 0. The lowest BCUT2D eigenvalue weighted by Crippen LogP contribution is -2.30. The minimum Gasteiger partial charge on any atom is -0.298 e. The number of hydrogen-bond acceptors (Lipinski definition) is 2. The molecule has 0 bridgehead atoms. The van der Waals surface area contributed by atoms with Crippen LogP contribution in [0.2, 0.25) is 5.02 Å². The van der Waals surface area contributed by atoms with Gasteiger partial charge in [0.2, 0.25) is 0 Å². The second-order valence-electron chi connectivity index (χ2n) is 3.57. The van der Waals surface area contributed by atoms with Gasteiger partial charge in [-0.05, 0) is 19.1 Å². The lowest BCUT2D eigenvalue weighted by Gasteiger charge is -2.14. The van der Waals surface area contributed by atoms with Crippen molar-refractivity contribution < 1.29 is 14.0 Å². The van der Waals surface area contributed by atoms with Crippen molar-refractivity contribution in [2.45, 2.75) is 6.92 Å². The zero-order chi connectivity index (χ0) is 12.6. The normalized spacial score (nSPS) is 14.9. The van der Waals surface area contributed by atoms with Crippen LogP contribution >= 0.6 is 11.6 Å². The van der Waals surface area contributed by atoms with Crippen LogP contribution in [0.15, 0.2) is 24.3 Å². The van der Waals surface area contributed by atoms with Crippen molar-refractivity contribution in [2.75, 3.05) is 11.4 Å². The van der Waals surface area contributed by atoms with Gasteiger partial charge >= 0.3 is 0 Å². The van der Waals surface area contributed by atoms with Crippen molar-refractivity contribution in [3.05, 3.63) is 40.7 Å². The molecule has 0 spiro atoms. The summed E-state index contributed by atoms with van der Waals surface area (Å²) < 4.78 is 13.7. The van der Waals surface area contributed by atoms with Gasteiger partial charge in [0.15, 0.2) is 0 Å². The van der Waals surface area contributed by atoms with E-state index in [9.17, 15) is 14.0 Å². The minimum absolute atomic E-state index is 0.0226. The van der Waals surface area contributed by atoms with Gasteiger partial charge in [0.25, 0.3) is 11.7 Å². The average molecular weight is 254 g/mol. The third kappa shape index (κ3) is 1.74. The van der Waals surface area contributed by atoms with Gasteiger partial charge in [-0.15, -0.1) is 0 Å². The van der Waals surface area contributed by atoms with Crippen LogP contribution in [0.25, 0.3) is 0 Å². The first kappa shape index (κ1) is 11.8. The van der Waals surface area contributed by atoms with Crippen molar-refractivity contribution >= 4 is 29.0 Å². The second-order valence-corrected chi connectivity index (χ2v) is 3.97. The maximum Gasteiger partial charge on any atom is 0.299 e. The van der Waals surface area contributed by atoms with Crippen LogP contribution in [0, 0.1) is 5.82 Å². The van der Waals surface area contributed by atoms with E-state index < -0.39 is 17.5 Å². The highest BCUT2D eigenvalue weighted by atomic mass is 35.5. The van der Waals surface area contributed by atoms with Crippen LogP contribution in [0.1, 0.15) is 17.3 Å². The van der Waals surface area contributed by atoms with E-state index in [1.807, 2.05) is 0 Å². The molecule has 0 aromatic heterocycles. The Bertz CT molecular complexity index is 540. The molecule has 0 saturated carbocycles. The Morgan fingerprint density at radius 1 is 1.41 bits per heavy atom. The molecule has 0 radical (unpaired) electrons. The van der Waals surface area contributed by atoms with E-state index in [-0.39, 0.29) is 22.8 Å². The van der Waals surface area contributed by atoms with E-state index in [4.69, 9.17) is 11.6 Å². The molecule has 0 saturated heterocycles. The smallest absolute Gasteiger partial charge is 0.298 e. The molecule has 17 heavy (non-hydrogen) atoms. The van der Waals surface area contributed by atoms with Crippen LogP contribution in [0.4, 0.5) is 10.1 Å². The molecule has 5 heteroatoms. The Morgan fingerprint density at radius 3 is 2.76 bits per heavy atom. The van der Waals surface area contributed by atoms with Crippen LogP contribution in [-0.4, -0.2) is 18.2 Å². The Balaban J connectivity index is 2.59. The summed E-state index contributed by atoms with van der Waals surface area (Å²) in [4.78, 5) is 24.5. The van der Waals surface area contributed by atoms with E-state index in [1.165, 1.54) is 6.07 Å². The largest absolute Gasteiger partial charge is 0.299 e. The van der Waals surface area contributed by atoms with Crippen LogP contribution in [0.3, 0.4) is 0 Å². The summed E-state index contributed by atoms with van der Waals surface area (Å²) in [5.41, 5.74) is -0.0632. The fourth-order valence-electron chi connectivity index (χ4n) is 1.74. The number of benzene rings is 1. The molecule has 1 aliphatic heterocycles. The molecule has 0 aliphatic carbocycles. The lowest BCUT2D eigenvalue weighted by molar-refractivity contribution is -0.114. The highest BCUT2D eigenvalue weighted by Gasteiger charge is 2.39. The fraction of sp³-hybridized carbons (Fsp3) is 0.167. The molecule has 0 unspecified atom stereocenters. The fourth-order valence-corrected chi connectivity index (χ4v) is 1.98. The molecule has 1 aromatic carbocycles. The number of rotatable bonds is 2. The van der Waals surface area contributed by atoms with Crippen molar-refractivity contribution in [2.24, 2.45) is 0 Å². The average Bonchev–Trinajstić information content (AvgIpc) is 2.56. The highest BCUT2D eigenvalue weighted by molar-refractivity contribution is 6.55. The summed E-state index contributed by atoms with van der Waals surface area (Å²) in [5.74, 6) is -2.12. The van der Waals surface area contributed by atoms with Gasteiger partial charge in [0.05, 0.1) is 16.3 Å². The number of carbonyl (C=O) groups excluding carboxylic acids is 2. The van der Waals surface area contributed by atoms with Crippen LogP contribution in [-0.2, 0) is 4.79 Å². The van der Waals surface area contributed by atoms with Crippen molar-refractivity contribution in [3.63, 3.8) is 0 Å². The second kappa shape index (κ2) is 4.30. The first-order valence-corrected chi connectivity index (χ1v) is 5.41. The van der Waals surface area contributed by atoms with E-state index in [0.717, 1.165) is 11.0 Å². The quantitative estimate of drug-likeness (QED) is 0.600. The van der Waals surface area contributed by atoms with Gasteiger partial charge in [-0.1, -0.05) is 23.8 Å². The number of Topliss-reactive ketones (excluding diaryl/α,β-unsaturated/α-hetero) is 1. The van der Waals surface area contributed by atoms with Crippen molar-refractivity contribution in [1.82, 2.24) is 0 Å². The number of nitrogens with zero attached hydrogens (tertiary/aromatic N) is 1. The summed E-state index contributed by atoms with van der Waals surface area (Å²) in [7, 11) is 0. The van der Waals surface area contributed by atoms with Crippen molar-refractivity contribution in [1.29, 1.82) is 0 Å². The number of halogens is 2. The zero-order valence-corrected chi connectivity index (χ0v) is 9.79. The monoisotopic (exact) mass is 253 g/mol. The van der Waals surface area contributed by atoms with Gasteiger partial charge < -0.3 is 0 Å². The van der Waals surface area contributed by atoms with Crippen LogP contribution in [0.5, 0.6) is 0 Å². The third-order valence-corrected chi connectivity index (χ3v) is 2.85.